The lowest BCUT2D eigenvalue weighted by atomic mass is 9.94. The summed E-state index contributed by atoms with van der Waals surface area (Å²) in [6, 6.07) is 0. The minimum atomic E-state index is -0.575. The molecule has 0 fully saturated rings. The molecule has 0 aromatic carbocycles. The number of nitrogens with zero attached hydrogens (tertiary/aromatic N) is 1. The average molecular weight is 381 g/mol. The molecule has 1 atom stereocenters. The molecule has 8 nitrogen and oxygen atoms in total. The zero-order chi connectivity index (χ0) is 20.6. The first kappa shape index (κ1) is 22.7. The van der Waals surface area contributed by atoms with E-state index in [1.807, 2.05) is 0 Å². The van der Waals surface area contributed by atoms with Gasteiger partial charge in [0.05, 0.1) is 0 Å². The number of rotatable bonds is 9. The fourth-order valence-electron chi connectivity index (χ4n) is 2.74. The second-order valence-corrected chi connectivity index (χ2v) is 8.09. The fraction of sp³-hybridized carbons (Fsp3) is 0.684. The van der Waals surface area contributed by atoms with Crippen LogP contribution in [0.1, 0.15) is 47.5 Å². The summed E-state index contributed by atoms with van der Waals surface area (Å²) in [5.41, 5.74) is -0.575. The van der Waals surface area contributed by atoms with E-state index in [2.05, 4.69) is 24.5 Å². The smallest absolute Gasteiger partial charge is 0.407 e. The quantitative estimate of drug-likeness (QED) is 0.590. The van der Waals surface area contributed by atoms with Gasteiger partial charge in [-0.25, -0.2) is 4.79 Å². The monoisotopic (exact) mass is 381 g/mol. The van der Waals surface area contributed by atoms with Crippen LogP contribution in [0.4, 0.5) is 4.79 Å². The molecular formula is C19H31N3O5. The first-order chi connectivity index (χ1) is 12.5. The lowest BCUT2D eigenvalue weighted by Crippen LogP contribution is -2.40. The van der Waals surface area contributed by atoms with Gasteiger partial charge in [-0.15, -0.1) is 0 Å². The Kier molecular flexibility index (Phi) is 8.46. The maximum absolute atomic E-state index is 12.2. The van der Waals surface area contributed by atoms with E-state index in [4.69, 9.17) is 4.74 Å². The molecule has 0 radical (unpaired) electrons. The highest BCUT2D eigenvalue weighted by Crippen LogP contribution is 2.15. The second kappa shape index (κ2) is 10.1. The summed E-state index contributed by atoms with van der Waals surface area (Å²) in [7, 11) is 0. The molecule has 0 aromatic heterocycles. The van der Waals surface area contributed by atoms with Gasteiger partial charge in [-0.3, -0.25) is 19.3 Å². The largest absolute Gasteiger partial charge is 0.444 e. The first-order valence-electron chi connectivity index (χ1n) is 9.25. The normalized spacial score (nSPS) is 15.3. The van der Waals surface area contributed by atoms with E-state index in [-0.39, 0.29) is 43.1 Å². The fourth-order valence-corrected chi connectivity index (χ4v) is 2.74. The molecule has 1 heterocycles. The topological polar surface area (TPSA) is 105 Å². The number of amides is 4. The maximum atomic E-state index is 12.2. The Morgan fingerprint density at radius 1 is 1.11 bits per heavy atom. The SMILES string of the molecule is CC(C)CC(CNC(=O)OC(C)(C)C)CC(=O)NCCN1C(=O)C=CC1=O. The Bertz CT molecular complexity index is 575. The lowest BCUT2D eigenvalue weighted by Gasteiger charge is -2.23. The number of carbonyl (C=O) groups is 4. The van der Waals surface area contributed by atoms with Crippen LogP contribution in [0.15, 0.2) is 12.2 Å². The van der Waals surface area contributed by atoms with E-state index in [1.54, 1.807) is 20.8 Å². The molecule has 0 aromatic rings. The van der Waals surface area contributed by atoms with Crippen molar-refractivity contribution in [2.24, 2.45) is 11.8 Å². The average Bonchev–Trinajstić information content (AvgIpc) is 2.82. The first-order valence-corrected chi connectivity index (χ1v) is 9.25. The van der Waals surface area contributed by atoms with E-state index >= 15 is 0 Å². The summed E-state index contributed by atoms with van der Waals surface area (Å²) in [4.78, 5) is 48.0. The number of alkyl carbamates (subject to hydrolysis) is 1. The Balaban J connectivity index is 2.41. The second-order valence-electron chi connectivity index (χ2n) is 8.09. The molecule has 0 saturated carbocycles. The maximum Gasteiger partial charge on any atom is 0.407 e. The number of hydrogen-bond acceptors (Lipinski definition) is 5. The van der Waals surface area contributed by atoms with Gasteiger partial charge in [-0.2, -0.15) is 0 Å². The van der Waals surface area contributed by atoms with Crippen molar-refractivity contribution in [3.8, 4) is 0 Å². The van der Waals surface area contributed by atoms with Gasteiger partial charge < -0.3 is 15.4 Å². The Morgan fingerprint density at radius 3 is 2.22 bits per heavy atom. The summed E-state index contributed by atoms with van der Waals surface area (Å²) in [6.45, 7) is 10.2. The predicted molar refractivity (Wildman–Crippen MR) is 101 cm³/mol. The third-order valence-corrected chi connectivity index (χ3v) is 3.77. The number of carbonyl (C=O) groups excluding carboxylic acids is 4. The Hall–Kier alpha value is -2.38. The summed E-state index contributed by atoms with van der Waals surface area (Å²) in [5, 5.41) is 5.44. The molecule has 152 valence electrons. The highest BCUT2D eigenvalue weighted by molar-refractivity contribution is 6.12. The van der Waals surface area contributed by atoms with Crippen LogP contribution >= 0.6 is 0 Å². The van der Waals surface area contributed by atoms with E-state index in [0.717, 1.165) is 11.3 Å². The molecule has 1 unspecified atom stereocenters. The predicted octanol–water partition coefficient (Wildman–Crippen LogP) is 1.60. The highest BCUT2D eigenvalue weighted by Gasteiger charge is 2.23. The highest BCUT2D eigenvalue weighted by atomic mass is 16.6. The summed E-state index contributed by atoms with van der Waals surface area (Å²) >= 11 is 0. The van der Waals surface area contributed by atoms with Crippen molar-refractivity contribution in [1.29, 1.82) is 0 Å². The van der Waals surface area contributed by atoms with Crippen molar-refractivity contribution >= 4 is 23.8 Å². The number of hydrogen-bond donors (Lipinski definition) is 2. The molecule has 0 saturated heterocycles. The molecule has 1 aliphatic heterocycles. The van der Waals surface area contributed by atoms with Crippen molar-refractivity contribution in [2.75, 3.05) is 19.6 Å². The van der Waals surface area contributed by atoms with Crippen molar-refractivity contribution in [3.05, 3.63) is 12.2 Å². The van der Waals surface area contributed by atoms with E-state index in [0.29, 0.717) is 12.5 Å². The summed E-state index contributed by atoms with van der Waals surface area (Å²) in [6.07, 6.45) is 2.94. The zero-order valence-corrected chi connectivity index (χ0v) is 16.8. The van der Waals surface area contributed by atoms with Crippen molar-refractivity contribution in [3.63, 3.8) is 0 Å². The van der Waals surface area contributed by atoms with Gasteiger partial charge in [0.25, 0.3) is 11.8 Å². The molecule has 4 amide bonds. The molecule has 1 aliphatic rings. The van der Waals surface area contributed by atoms with Gasteiger partial charge in [0.1, 0.15) is 5.60 Å². The van der Waals surface area contributed by atoms with Crippen LogP contribution in [0.3, 0.4) is 0 Å². The number of imide groups is 1. The van der Waals surface area contributed by atoms with Crippen LogP contribution in [-0.2, 0) is 19.1 Å². The Morgan fingerprint density at radius 2 is 1.70 bits per heavy atom. The standard InChI is InChI=1S/C19H31N3O5/c1-13(2)10-14(12-21-18(26)27-19(3,4)5)11-15(23)20-8-9-22-16(24)6-7-17(22)25/h6-7,13-14H,8-12H2,1-5H3,(H,20,23)(H,21,26). The van der Waals surface area contributed by atoms with Crippen LogP contribution in [-0.4, -0.2) is 54.0 Å². The summed E-state index contributed by atoms with van der Waals surface area (Å²) < 4.78 is 5.21. The van der Waals surface area contributed by atoms with E-state index in [1.165, 1.54) is 12.2 Å². The molecule has 0 bridgehead atoms. The lowest BCUT2D eigenvalue weighted by molar-refractivity contribution is -0.137. The third-order valence-electron chi connectivity index (χ3n) is 3.77. The summed E-state index contributed by atoms with van der Waals surface area (Å²) in [5.74, 6) is -0.580. The van der Waals surface area contributed by atoms with Crippen LogP contribution in [0.25, 0.3) is 0 Å². The van der Waals surface area contributed by atoms with Gasteiger partial charge >= 0.3 is 6.09 Å². The molecule has 0 aliphatic carbocycles. The minimum absolute atomic E-state index is 0.0331. The van der Waals surface area contributed by atoms with Crippen LogP contribution in [0.2, 0.25) is 0 Å². The number of ether oxygens (including phenoxy) is 1. The van der Waals surface area contributed by atoms with Gasteiger partial charge in [0, 0.05) is 38.2 Å². The van der Waals surface area contributed by atoms with Crippen molar-refractivity contribution in [1.82, 2.24) is 15.5 Å². The molecule has 8 heteroatoms. The molecule has 0 spiro atoms. The molecule has 27 heavy (non-hydrogen) atoms. The van der Waals surface area contributed by atoms with Crippen LogP contribution in [0.5, 0.6) is 0 Å². The van der Waals surface area contributed by atoms with Gasteiger partial charge in [0.2, 0.25) is 5.91 Å². The van der Waals surface area contributed by atoms with Gasteiger partial charge in [0.15, 0.2) is 0 Å². The molecule has 1 rings (SSSR count). The van der Waals surface area contributed by atoms with Crippen molar-refractivity contribution in [2.45, 2.75) is 53.1 Å². The van der Waals surface area contributed by atoms with Gasteiger partial charge in [-0.1, -0.05) is 13.8 Å². The Labute approximate surface area is 160 Å². The van der Waals surface area contributed by atoms with E-state index in [9.17, 15) is 19.2 Å². The van der Waals surface area contributed by atoms with E-state index < -0.39 is 11.7 Å². The van der Waals surface area contributed by atoms with Crippen LogP contribution < -0.4 is 10.6 Å². The van der Waals surface area contributed by atoms with Crippen LogP contribution in [0, 0.1) is 11.8 Å². The zero-order valence-electron chi connectivity index (χ0n) is 16.8. The minimum Gasteiger partial charge on any atom is -0.444 e. The molecular weight excluding hydrogens is 350 g/mol. The third kappa shape index (κ3) is 9.21. The number of nitrogens with one attached hydrogen (secondary N) is 2. The molecule has 2 N–H and O–H groups in total. The van der Waals surface area contributed by atoms with Crippen molar-refractivity contribution < 1.29 is 23.9 Å². The van der Waals surface area contributed by atoms with Gasteiger partial charge in [-0.05, 0) is 39.0 Å².